The molecule has 8 nitrogen and oxygen atoms in total. The number of nitrogens with one attached hydrogen (secondary N) is 2. The SMILES string of the molecule is CC(=O)N1CCc2cc(C(=O)NCCNc3ccccc3[N+](=O)[O-])ccc21. The molecule has 2 aromatic rings. The number of amides is 2. The lowest BCUT2D eigenvalue weighted by atomic mass is 10.1. The third-order valence-corrected chi connectivity index (χ3v) is 4.44. The van der Waals surface area contributed by atoms with Gasteiger partial charge in [0.25, 0.3) is 11.6 Å². The number of para-hydroxylation sites is 2. The minimum Gasteiger partial charge on any atom is -0.378 e. The number of rotatable bonds is 6. The Labute approximate surface area is 156 Å². The summed E-state index contributed by atoms with van der Waals surface area (Å²) in [5.41, 5.74) is 2.79. The Morgan fingerprint density at radius 1 is 1.19 bits per heavy atom. The van der Waals surface area contributed by atoms with Crippen molar-refractivity contribution >= 4 is 28.9 Å². The molecule has 0 saturated carbocycles. The van der Waals surface area contributed by atoms with Gasteiger partial charge in [-0.05, 0) is 36.2 Å². The number of benzene rings is 2. The first kappa shape index (κ1) is 18.4. The number of hydrogen-bond donors (Lipinski definition) is 2. The number of nitrogens with zero attached hydrogens (tertiary/aromatic N) is 2. The van der Waals surface area contributed by atoms with Crippen LogP contribution in [0.25, 0.3) is 0 Å². The van der Waals surface area contributed by atoms with Crippen LogP contribution in [0.1, 0.15) is 22.8 Å². The molecule has 1 heterocycles. The number of anilines is 2. The van der Waals surface area contributed by atoms with Crippen molar-refractivity contribution in [2.75, 3.05) is 29.9 Å². The summed E-state index contributed by atoms with van der Waals surface area (Å²) in [6.45, 7) is 2.84. The molecule has 2 aromatic carbocycles. The average Bonchev–Trinajstić information content (AvgIpc) is 3.08. The topological polar surface area (TPSA) is 105 Å². The van der Waals surface area contributed by atoms with E-state index >= 15 is 0 Å². The van der Waals surface area contributed by atoms with Crippen molar-refractivity contribution in [1.82, 2.24) is 5.32 Å². The molecule has 1 aliphatic rings. The minimum atomic E-state index is -0.449. The Bertz CT molecular complexity index is 897. The van der Waals surface area contributed by atoms with Crippen molar-refractivity contribution in [2.24, 2.45) is 0 Å². The Morgan fingerprint density at radius 3 is 2.70 bits per heavy atom. The normalized spacial score (nSPS) is 12.4. The molecule has 0 fully saturated rings. The molecule has 3 rings (SSSR count). The van der Waals surface area contributed by atoms with Gasteiger partial charge in [0.05, 0.1) is 4.92 Å². The number of carbonyl (C=O) groups excluding carboxylic acids is 2. The van der Waals surface area contributed by atoms with E-state index in [1.807, 2.05) is 6.07 Å². The molecule has 27 heavy (non-hydrogen) atoms. The average molecular weight is 368 g/mol. The maximum atomic E-state index is 12.3. The molecule has 0 unspecified atom stereocenters. The van der Waals surface area contributed by atoms with E-state index in [0.29, 0.717) is 30.9 Å². The Kier molecular flexibility index (Phi) is 5.35. The van der Waals surface area contributed by atoms with E-state index in [9.17, 15) is 19.7 Å². The summed E-state index contributed by atoms with van der Waals surface area (Å²) in [5.74, 6) is -0.226. The number of nitro groups is 1. The molecule has 8 heteroatoms. The minimum absolute atomic E-state index is 0.00234. The van der Waals surface area contributed by atoms with Gasteiger partial charge < -0.3 is 15.5 Å². The van der Waals surface area contributed by atoms with E-state index in [1.165, 1.54) is 13.0 Å². The second-order valence-electron chi connectivity index (χ2n) is 6.22. The highest BCUT2D eigenvalue weighted by molar-refractivity contribution is 5.97. The maximum absolute atomic E-state index is 12.3. The van der Waals surface area contributed by atoms with E-state index in [4.69, 9.17) is 0 Å². The molecule has 0 saturated heterocycles. The summed E-state index contributed by atoms with van der Waals surface area (Å²) in [6.07, 6.45) is 0.731. The van der Waals surface area contributed by atoms with Crippen LogP contribution in [0.5, 0.6) is 0 Å². The van der Waals surface area contributed by atoms with Gasteiger partial charge in [-0.25, -0.2) is 0 Å². The van der Waals surface area contributed by atoms with Gasteiger partial charge in [-0.2, -0.15) is 0 Å². The molecule has 2 N–H and O–H groups in total. The van der Waals surface area contributed by atoms with Crippen LogP contribution in [0.3, 0.4) is 0 Å². The smallest absolute Gasteiger partial charge is 0.292 e. The molecule has 0 bridgehead atoms. The molecule has 0 spiro atoms. The Hall–Kier alpha value is -3.42. The fourth-order valence-corrected chi connectivity index (χ4v) is 3.13. The van der Waals surface area contributed by atoms with Crippen LogP contribution in [0.2, 0.25) is 0 Å². The lowest BCUT2D eigenvalue weighted by molar-refractivity contribution is -0.384. The van der Waals surface area contributed by atoms with E-state index in [-0.39, 0.29) is 17.5 Å². The van der Waals surface area contributed by atoms with Gasteiger partial charge in [0.1, 0.15) is 5.69 Å². The summed E-state index contributed by atoms with van der Waals surface area (Å²) in [5, 5.41) is 16.7. The third kappa shape index (κ3) is 4.05. The quantitative estimate of drug-likeness (QED) is 0.463. The molecule has 1 aliphatic heterocycles. The molecule has 0 radical (unpaired) electrons. The van der Waals surface area contributed by atoms with Gasteiger partial charge in [0.2, 0.25) is 5.91 Å². The molecule has 140 valence electrons. The Morgan fingerprint density at radius 2 is 1.96 bits per heavy atom. The molecule has 0 aliphatic carbocycles. The van der Waals surface area contributed by atoms with Gasteiger partial charge >= 0.3 is 0 Å². The highest BCUT2D eigenvalue weighted by Gasteiger charge is 2.23. The molecule has 0 aromatic heterocycles. The maximum Gasteiger partial charge on any atom is 0.292 e. The molecule has 0 atom stereocenters. The largest absolute Gasteiger partial charge is 0.378 e. The predicted octanol–water partition coefficient (Wildman–Crippen LogP) is 2.35. The summed E-state index contributed by atoms with van der Waals surface area (Å²) in [7, 11) is 0. The zero-order chi connectivity index (χ0) is 19.4. The fraction of sp³-hybridized carbons (Fsp3) is 0.263. The standard InChI is InChI=1S/C19H20N4O4/c1-13(24)22-11-8-14-12-15(6-7-17(14)22)19(25)21-10-9-20-16-4-2-3-5-18(16)23(26)27/h2-7,12,20H,8-11H2,1H3,(H,21,25). The van der Waals surface area contributed by atoms with Crippen molar-refractivity contribution in [3.8, 4) is 0 Å². The van der Waals surface area contributed by atoms with Gasteiger partial charge in [-0.3, -0.25) is 19.7 Å². The van der Waals surface area contributed by atoms with Crippen LogP contribution in [0, 0.1) is 10.1 Å². The zero-order valence-electron chi connectivity index (χ0n) is 14.9. The van der Waals surface area contributed by atoms with Crippen LogP contribution in [-0.2, 0) is 11.2 Å². The summed E-state index contributed by atoms with van der Waals surface area (Å²) < 4.78 is 0. The second kappa shape index (κ2) is 7.86. The fourth-order valence-electron chi connectivity index (χ4n) is 3.13. The van der Waals surface area contributed by atoms with Crippen molar-refractivity contribution in [3.63, 3.8) is 0 Å². The van der Waals surface area contributed by atoms with Crippen LogP contribution in [0.4, 0.5) is 17.1 Å². The summed E-state index contributed by atoms with van der Waals surface area (Å²) in [4.78, 5) is 36.1. The molecule has 2 amide bonds. The van der Waals surface area contributed by atoms with E-state index in [0.717, 1.165) is 17.7 Å². The lowest BCUT2D eigenvalue weighted by Gasteiger charge is -2.15. The van der Waals surface area contributed by atoms with Crippen LogP contribution >= 0.6 is 0 Å². The van der Waals surface area contributed by atoms with E-state index in [1.54, 1.807) is 35.2 Å². The number of hydrogen-bond acceptors (Lipinski definition) is 5. The monoisotopic (exact) mass is 368 g/mol. The number of fused-ring (bicyclic) bond motifs is 1. The van der Waals surface area contributed by atoms with Crippen molar-refractivity contribution < 1.29 is 14.5 Å². The Balaban J connectivity index is 1.55. The van der Waals surface area contributed by atoms with Crippen molar-refractivity contribution in [3.05, 3.63) is 63.7 Å². The zero-order valence-corrected chi connectivity index (χ0v) is 14.9. The first-order valence-electron chi connectivity index (χ1n) is 8.64. The highest BCUT2D eigenvalue weighted by Crippen LogP contribution is 2.28. The summed E-state index contributed by atoms with van der Waals surface area (Å²) >= 11 is 0. The highest BCUT2D eigenvalue weighted by atomic mass is 16.6. The number of nitro benzene ring substituents is 1. The van der Waals surface area contributed by atoms with Crippen LogP contribution in [-0.4, -0.2) is 36.4 Å². The predicted molar refractivity (Wildman–Crippen MR) is 102 cm³/mol. The third-order valence-electron chi connectivity index (χ3n) is 4.44. The first-order chi connectivity index (χ1) is 13.0. The lowest BCUT2D eigenvalue weighted by Crippen LogP contribution is -2.29. The second-order valence-corrected chi connectivity index (χ2v) is 6.22. The van der Waals surface area contributed by atoms with Gasteiger partial charge in [-0.1, -0.05) is 12.1 Å². The van der Waals surface area contributed by atoms with Gasteiger partial charge in [-0.15, -0.1) is 0 Å². The number of carbonyl (C=O) groups is 2. The summed E-state index contributed by atoms with van der Waals surface area (Å²) in [6, 6.07) is 11.7. The van der Waals surface area contributed by atoms with E-state index < -0.39 is 4.92 Å². The van der Waals surface area contributed by atoms with Crippen molar-refractivity contribution in [1.29, 1.82) is 0 Å². The van der Waals surface area contributed by atoms with Crippen LogP contribution < -0.4 is 15.5 Å². The van der Waals surface area contributed by atoms with Crippen molar-refractivity contribution in [2.45, 2.75) is 13.3 Å². The van der Waals surface area contributed by atoms with Gasteiger partial charge in [0.15, 0.2) is 0 Å². The molecular weight excluding hydrogens is 348 g/mol. The molecular formula is C19H20N4O4. The van der Waals surface area contributed by atoms with Crippen LogP contribution in [0.15, 0.2) is 42.5 Å². The van der Waals surface area contributed by atoms with E-state index in [2.05, 4.69) is 10.6 Å². The van der Waals surface area contributed by atoms with Gasteiger partial charge in [0, 0.05) is 43.9 Å². The first-order valence-corrected chi connectivity index (χ1v) is 8.64.